The van der Waals surface area contributed by atoms with Crippen LogP contribution >= 0.6 is 11.3 Å². The summed E-state index contributed by atoms with van der Waals surface area (Å²) in [4.78, 5) is 29.8. The summed E-state index contributed by atoms with van der Waals surface area (Å²) in [5.74, 6) is -2.19. The molecule has 0 unspecified atom stereocenters. The number of Topliss-reactive ketones (excluding diaryl/α,β-unsaturated/α-hetero) is 1. The number of aliphatic hydroxyl groups excluding tert-OH is 1. The fourth-order valence-corrected chi connectivity index (χ4v) is 4.14. The van der Waals surface area contributed by atoms with Crippen LogP contribution in [0.25, 0.3) is 0 Å². The maximum Gasteiger partial charge on any atom is 0.290 e. The van der Waals surface area contributed by atoms with Gasteiger partial charge in [0, 0.05) is 18.7 Å². The number of thiophene rings is 1. The topological polar surface area (TPSA) is 60.9 Å². The number of aliphatic hydroxyl groups is 1. The van der Waals surface area contributed by atoms with E-state index in [1.165, 1.54) is 22.3 Å². The number of benzene rings is 1. The fourth-order valence-electron chi connectivity index (χ4n) is 3.47. The first-order chi connectivity index (χ1) is 13.5. The van der Waals surface area contributed by atoms with E-state index in [4.69, 9.17) is 0 Å². The minimum atomic E-state index is -0.945. The SMILES string of the molecule is CCN(CC)CCN1C(=O)C(O)=C(C(=O)c2cccs2)[C@H]1c1ccccc1F. The van der Waals surface area contributed by atoms with Crippen LogP contribution in [0.1, 0.15) is 35.1 Å². The van der Waals surface area contributed by atoms with Crippen molar-refractivity contribution in [3.05, 3.63) is 69.4 Å². The Morgan fingerprint density at radius 3 is 2.54 bits per heavy atom. The van der Waals surface area contributed by atoms with Gasteiger partial charge < -0.3 is 14.9 Å². The smallest absolute Gasteiger partial charge is 0.290 e. The molecule has 148 valence electrons. The molecular weight excluding hydrogens is 379 g/mol. The lowest BCUT2D eigenvalue weighted by Crippen LogP contribution is -2.38. The fraction of sp³-hybridized carbons (Fsp3) is 0.333. The summed E-state index contributed by atoms with van der Waals surface area (Å²) < 4.78 is 14.6. The van der Waals surface area contributed by atoms with Crippen LogP contribution in [0.5, 0.6) is 0 Å². The predicted octanol–water partition coefficient (Wildman–Crippen LogP) is 3.81. The molecule has 1 aromatic carbocycles. The average Bonchev–Trinajstić information content (AvgIpc) is 3.31. The lowest BCUT2D eigenvalue weighted by Gasteiger charge is -2.29. The molecule has 1 amide bonds. The van der Waals surface area contributed by atoms with Gasteiger partial charge in [-0.1, -0.05) is 38.1 Å². The second kappa shape index (κ2) is 8.67. The monoisotopic (exact) mass is 402 g/mol. The van der Waals surface area contributed by atoms with E-state index in [0.29, 0.717) is 11.4 Å². The van der Waals surface area contributed by atoms with Gasteiger partial charge in [0.2, 0.25) is 5.78 Å². The van der Waals surface area contributed by atoms with Gasteiger partial charge in [0.25, 0.3) is 5.91 Å². The number of halogens is 1. The van der Waals surface area contributed by atoms with Crippen molar-refractivity contribution < 1.29 is 19.1 Å². The van der Waals surface area contributed by atoms with Gasteiger partial charge >= 0.3 is 0 Å². The van der Waals surface area contributed by atoms with Crippen molar-refractivity contribution in [2.45, 2.75) is 19.9 Å². The molecule has 0 saturated carbocycles. The molecule has 7 heteroatoms. The quantitative estimate of drug-likeness (QED) is 0.682. The van der Waals surface area contributed by atoms with Crippen molar-refractivity contribution in [3.8, 4) is 0 Å². The van der Waals surface area contributed by atoms with Gasteiger partial charge in [-0.25, -0.2) is 4.39 Å². The second-order valence-electron chi connectivity index (χ2n) is 6.52. The van der Waals surface area contributed by atoms with Gasteiger partial charge in [-0.05, 0) is 30.6 Å². The summed E-state index contributed by atoms with van der Waals surface area (Å²) in [6.07, 6.45) is 0. The maximum atomic E-state index is 14.6. The Kier molecular flexibility index (Phi) is 6.26. The molecular formula is C21H23FN2O3S. The van der Waals surface area contributed by atoms with E-state index in [0.717, 1.165) is 13.1 Å². The lowest BCUT2D eigenvalue weighted by molar-refractivity contribution is -0.129. The maximum absolute atomic E-state index is 14.6. The third kappa shape index (κ3) is 3.72. The highest BCUT2D eigenvalue weighted by Gasteiger charge is 2.44. The van der Waals surface area contributed by atoms with Crippen LogP contribution in [0.3, 0.4) is 0 Å². The van der Waals surface area contributed by atoms with Gasteiger partial charge in [0.15, 0.2) is 5.76 Å². The molecule has 1 aliphatic heterocycles. The molecule has 0 radical (unpaired) electrons. The second-order valence-corrected chi connectivity index (χ2v) is 7.47. The van der Waals surface area contributed by atoms with Crippen molar-refractivity contribution in [2.75, 3.05) is 26.2 Å². The van der Waals surface area contributed by atoms with Crippen molar-refractivity contribution in [3.63, 3.8) is 0 Å². The number of carbonyl (C=O) groups is 2. The highest BCUT2D eigenvalue weighted by Crippen LogP contribution is 2.40. The van der Waals surface area contributed by atoms with E-state index in [1.54, 1.807) is 35.7 Å². The minimum Gasteiger partial charge on any atom is -0.503 e. The summed E-state index contributed by atoms with van der Waals surface area (Å²) in [7, 11) is 0. The molecule has 1 aliphatic rings. The molecule has 0 fully saturated rings. The Morgan fingerprint density at radius 1 is 1.21 bits per heavy atom. The Morgan fingerprint density at radius 2 is 1.93 bits per heavy atom. The molecule has 5 nitrogen and oxygen atoms in total. The van der Waals surface area contributed by atoms with Crippen molar-refractivity contribution in [1.29, 1.82) is 0 Å². The van der Waals surface area contributed by atoms with Gasteiger partial charge in [-0.15, -0.1) is 11.3 Å². The molecule has 1 atom stereocenters. The molecule has 0 aliphatic carbocycles. The lowest BCUT2D eigenvalue weighted by atomic mass is 9.95. The summed E-state index contributed by atoms with van der Waals surface area (Å²) >= 11 is 1.22. The van der Waals surface area contributed by atoms with E-state index in [-0.39, 0.29) is 17.7 Å². The van der Waals surface area contributed by atoms with Crippen molar-refractivity contribution >= 4 is 23.0 Å². The van der Waals surface area contributed by atoms with E-state index in [9.17, 15) is 19.1 Å². The third-order valence-electron chi connectivity index (χ3n) is 5.04. The number of rotatable bonds is 8. The predicted molar refractivity (Wildman–Crippen MR) is 107 cm³/mol. The molecule has 2 aromatic rings. The first kappa shape index (κ1) is 20.2. The number of likely N-dealkylation sites (N-methyl/N-ethyl adjacent to an activating group) is 1. The van der Waals surface area contributed by atoms with Crippen LogP contribution < -0.4 is 0 Å². The van der Waals surface area contributed by atoms with Crippen LogP contribution in [-0.2, 0) is 4.79 Å². The van der Waals surface area contributed by atoms with Gasteiger partial charge in [0.1, 0.15) is 5.82 Å². The molecule has 0 bridgehead atoms. The minimum absolute atomic E-state index is 0.0582. The number of hydrogen-bond donors (Lipinski definition) is 1. The standard InChI is InChI=1S/C21H23FN2O3S/c1-3-23(4-2)11-12-24-18(14-8-5-6-9-15(14)22)17(20(26)21(24)27)19(25)16-10-7-13-28-16/h5-10,13,18,26H,3-4,11-12H2,1-2H3/t18-/m1/s1. The van der Waals surface area contributed by atoms with Crippen LogP contribution in [0, 0.1) is 5.82 Å². The Balaban J connectivity index is 2.03. The normalized spacial score (nSPS) is 17.1. The Hall–Kier alpha value is -2.51. The summed E-state index contributed by atoms with van der Waals surface area (Å²) in [6, 6.07) is 8.48. The Bertz CT molecular complexity index is 891. The number of nitrogens with zero attached hydrogens (tertiary/aromatic N) is 2. The van der Waals surface area contributed by atoms with E-state index in [2.05, 4.69) is 4.90 Å². The van der Waals surface area contributed by atoms with E-state index < -0.39 is 29.3 Å². The summed E-state index contributed by atoms with van der Waals surface area (Å²) in [5, 5.41) is 12.3. The highest BCUT2D eigenvalue weighted by molar-refractivity contribution is 7.12. The van der Waals surface area contributed by atoms with Crippen LogP contribution in [0.4, 0.5) is 4.39 Å². The van der Waals surface area contributed by atoms with Gasteiger partial charge in [-0.3, -0.25) is 9.59 Å². The average molecular weight is 402 g/mol. The van der Waals surface area contributed by atoms with Crippen molar-refractivity contribution in [2.24, 2.45) is 0 Å². The summed E-state index contributed by atoms with van der Waals surface area (Å²) in [5.41, 5.74) is 0.149. The number of carbonyl (C=O) groups excluding carboxylic acids is 2. The zero-order chi connectivity index (χ0) is 20.3. The third-order valence-corrected chi connectivity index (χ3v) is 5.91. The Labute approximate surface area is 167 Å². The van der Waals surface area contributed by atoms with E-state index >= 15 is 0 Å². The van der Waals surface area contributed by atoms with Gasteiger partial charge in [0.05, 0.1) is 16.5 Å². The largest absolute Gasteiger partial charge is 0.503 e. The zero-order valence-electron chi connectivity index (χ0n) is 15.9. The number of hydrogen-bond acceptors (Lipinski definition) is 5. The zero-order valence-corrected chi connectivity index (χ0v) is 16.7. The first-order valence-electron chi connectivity index (χ1n) is 9.28. The van der Waals surface area contributed by atoms with Gasteiger partial charge in [-0.2, -0.15) is 0 Å². The van der Waals surface area contributed by atoms with Crippen LogP contribution in [-0.4, -0.2) is 52.8 Å². The molecule has 0 saturated heterocycles. The van der Waals surface area contributed by atoms with E-state index in [1.807, 2.05) is 13.8 Å². The molecule has 1 N–H and O–H groups in total. The molecule has 1 aromatic heterocycles. The summed E-state index contributed by atoms with van der Waals surface area (Å²) in [6.45, 7) is 6.51. The first-order valence-corrected chi connectivity index (χ1v) is 10.2. The number of amides is 1. The molecule has 3 rings (SSSR count). The molecule has 28 heavy (non-hydrogen) atoms. The van der Waals surface area contributed by atoms with Crippen molar-refractivity contribution in [1.82, 2.24) is 9.80 Å². The molecule has 0 spiro atoms. The highest BCUT2D eigenvalue weighted by atomic mass is 32.1. The number of ketones is 1. The van der Waals surface area contributed by atoms with Crippen LogP contribution in [0.15, 0.2) is 53.1 Å². The van der Waals surface area contributed by atoms with Crippen LogP contribution in [0.2, 0.25) is 0 Å². The molecule has 2 heterocycles.